The third kappa shape index (κ3) is 2.42. The molecule has 2 heterocycles. The number of hydrogen-bond acceptors (Lipinski definition) is 4. The molecule has 0 bridgehead atoms. The van der Waals surface area contributed by atoms with Gasteiger partial charge in [0.1, 0.15) is 5.82 Å². The maximum atomic E-state index is 5.59. The van der Waals surface area contributed by atoms with Crippen molar-refractivity contribution in [3.05, 3.63) is 17.7 Å². The van der Waals surface area contributed by atoms with Crippen LogP contribution in [0.4, 0.5) is 0 Å². The molecule has 0 saturated carbocycles. The van der Waals surface area contributed by atoms with Crippen LogP contribution in [0, 0.1) is 0 Å². The molecule has 1 fully saturated rings. The Morgan fingerprint density at radius 3 is 3.00 bits per heavy atom. The van der Waals surface area contributed by atoms with Gasteiger partial charge in [-0.15, -0.1) is 0 Å². The lowest BCUT2D eigenvalue weighted by Gasteiger charge is -2.25. The van der Waals surface area contributed by atoms with Gasteiger partial charge in [-0.1, -0.05) is 0 Å². The van der Waals surface area contributed by atoms with Crippen molar-refractivity contribution in [1.82, 2.24) is 19.8 Å². The van der Waals surface area contributed by atoms with E-state index in [0.29, 0.717) is 12.6 Å². The van der Waals surface area contributed by atoms with Gasteiger partial charge in [-0.3, -0.25) is 4.90 Å². The average Bonchev–Trinajstić information content (AvgIpc) is 2.67. The molecule has 90 valence electrons. The van der Waals surface area contributed by atoms with Crippen LogP contribution in [0.5, 0.6) is 0 Å². The molecular formula is C11H21N5. The summed E-state index contributed by atoms with van der Waals surface area (Å²) in [6.45, 7) is 3.83. The smallest absolute Gasteiger partial charge is 0.125 e. The number of aromatic amines is 1. The summed E-state index contributed by atoms with van der Waals surface area (Å²) in [6, 6.07) is 0.354. The van der Waals surface area contributed by atoms with Gasteiger partial charge in [0, 0.05) is 25.0 Å². The highest BCUT2D eigenvalue weighted by Gasteiger charge is 2.24. The van der Waals surface area contributed by atoms with Crippen LogP contribution in [-0.4, -0.2) is 53.5 Å². The molecule has 1 saturated heterocycles. The Bertz CT molecular complexity index is 335. The predicted octanol–water partition coefficient (Wildman–Crippen LogP) is 0.177. The van der Waals surface area contributed by atoms with E-state index in [-0.39, 0.29) is 0 Å². The first kappa shape index (κ1) is 11.6. The minimum atomic E-state index is 0.354. The number of nitrogens with two attached hydrogens (primary N) is 1. The van der Waals surface area contributed by atoms with Gasteiger partial charge in [-0.05, 0) is 33.6 Å². The van der Waals surface area contributed by atoms with Crippen LogP contribution in [0.15, 0.2) is 6.20 Å². The summed E-state index contributed by atoms with van der Waals surface area (Å²) >= 11 is 0. The lowest BCUT2D eigenvalue weighted by molar-refractivity contribution is 0.220. The number of nitrogens with zero attached hydrogens (tertiary/aromatic N) is 3. The van der Waals surface area contributed by atoms with Crippen molar-refractivity contribution in [2.24, 2.45) is 5.73 Å². The first-order chi connectivity index (χ1) is 7.70. The van der Waals surface area contributed by atoms with Gasteiger partial charge in [-0.25, -0.2) is 4.98 Å². The lowest BCUT2D eigenvalue weighted by Crippen LogP contribution is -2.31. The van der Waals surface area contributed by atoms with E-state index in [1.807, 2.05) is 6.20 Å². The van der Waals surface area contributed by atoms with Crippen LogP contribution in [0.1, 0.15) is 24.0 Å². The van der Waals surface area contributed by atoms with Crippen LogP contribution in [-0.2, 0) is 6.54 Å². The van der Waals surface area contributed by atoms with Crippen LogP contribution in [0.25, 0.3) is 0 Å². The molecule has 1 unspecified atom stereocenters. The Kier molecular flexibility index (Phi) is 3.58. The fourth-order valence-corrected chi connectivity index (χ4v) is 2.22. The molecule has 1 aliphatic heterocycles. The summed E-state index contributed by atoms with van der Waals surface area (Å²) in [5.74, 6) is 1.04. The Morgan fingerprint density at radius 2 is 2.31 bits per heavy atom. The van der Waals surface area contributed by atoms with Gasteiger partial charge in [0.05, 0.1) is 6.04 Å². The SMILES string of the molecule is CN1CCCN(C)C(c2ncc(CN)[nH]2)C1. The third-order valence-electron chi connectivity index (χ3n) is 3.25. The zero-order valence-corrected chi connectivity index (χ0v) is 10.1. The van der Waals surface area contributed by atoms with E-state index in [1.165, 1.54) is 6.42 Å². The second-order valence-corrected chi connectivity index (χ2v) is 4.61. The Hall–Kier alpha value is -0.910. The molecule has 0 radical (unpaired) electrons. The second kappa shape index (κ2) is 4.95. The van der Waals surface area contributed by atoms with Gasteiger partial charge in [0.2, 0.25) is 0 Å². The monoisotopic (exact) mass is 223 g/mol. The van der Waals surface area contributed by atoms with Gasteiger partial charge in [-0.2, -0.15) is 0 Å². The molecule has 16 heavy (non-hydrogen) atoms. The molecular weight excluding hydrogens is 202 g/mol. The normalized spacial score (nSPS) is 24.6. The van der Waals surface area contributed by atoms with E-state index < -0.39 is 0 Å². The van der Waals surface area contributed by atoms with Crippen molar-refractivity contribution in [2.75, 3.05) is 33.7 Å². The first-order valence-corrected chi connectivity index (χ1v) is 5.83. The van der Waals surface area contributed by atoms with E-state index >= 15 is 0 Å². The Morgan fingerprint density at radius 1 is 1.50 bits per heavy atom. The fraction of sp³-hybridized carbons (Fsp3) is 0.727. The molecule has 0 spiro atoms. The molecule has 2 rings (SSSR count). The summed E-state index contributed by atoms with van der Waals surface area (Å²) < 4.78 is 0. The molecule has 5 nitrogen and oxygen atoms in total. The summed E-state index contributed by atoms with van der Waals surface area (Å²) in [4.78, 5) is 12.5. The Labute approximate surface area is 96.6 Å². The largest absolute Gasteiger partial charge is 0.343 e. The minimum Gasteiger partial charge on any atom is -0.343 e. The fourth-order valence-electron chi connectivity index (χ4n) is 2.22. The zero-order chi connectivity index (χ0) is 11.5. The predicted molar refractivity (Wildman–Crippen MR) is 64.0 cm³/mol. The van der Waals surface area contributed by atoms with Crippen molar-refractivity contribution < 1.29 is 0 Å². The maximum absolute atomic E-state index is 5.59. The van der Waals surface area contributed by atoms with Gasteiger partial charge < -0.3 is 15.6 Å². The maximum Gasteiger partial charge on any atom is 0.125 e. The number of imidazole rings is 1. The lowest BCUT2D eigenvalue weighted by atomic mass is 10.2. The van der Waals surface area contributed by atoms with Gasteiger partial charge in [0.15, 0.2) is 0 Å². The summed E-state index contributed by atoms with van der Waals surface area (Å²) in [7, 11) is 4.33. The van der Waals surface area contributed by atoms with Crippen LogP contribution < -0.4 is 5.73 Å². The number of hydrogen-bond donors (Lipinski definition) is 2. The summed E-state index contributed by atoms with van der Waals surface area (Å²) in [5.41, 5.74) is 6.60. The average molecular weight is 223 g/mol. The van der Waals surface area contributed by atoms with Crippen molar-refractivity contribution >= 4 is 0 Å². The molecule has 3 N–H and O–H groups in total. The highest BCUT2D eigenvalue weighted by atomic mass is 15.2. The van der Waals surface area contributed by atoms with Gasteiger partial charge in [0.25, 0.3) is 0 Å². The highest BCUT2D eigenvalue weighted by molar-refractivity contribution is 5.05. The zero-order valence-electron chi connectivity index (χ0n) is 10.1. The van der Waals surface area contributed by atoms with Crippen LogP contribution in [0.3, 0.4) is 0 Å². The second-order valence-electron chi connectivity index (χ2n) is 4.61. The van der Waals surface area contributed by atoms with Crippen molar-refractivity contribution in [3.63, 3.8) is 0 Å². The van der Waals surface area contributed by atoms with E-state index in [4.69, 9.17) is 5.73 Å². The third-order valence-corrected chi connectivity index (χ3v) is 3.25. The molecule has 1 aliphatic rings. The Balaban J connectivity index is 2.15. The minimum absolute atomic E-state index is 0.354. The number of H-pyrrole nitrogens is 1. The standard InChI is InChI=1S/C11H21N5/c1-15-4-3-5-16(2)10(8-15)11-13-7-9(6-12)14-11/h7,10H,3-6,8,12H2,1-2H3,(H,13,14). The van der Waals surface area contributed by atoms with Crippen LogP contribution >= 0.6 is 0 Å². The molecule has 1 atom stereocenters. The van der Waals surface area contributed by atoms with E-state index in [0.717, 1.165) is 31.2 Å². The first-order valence-electron chi connectivity index (χ1n) is 5.83. The van der Waals surface area contributed by atoms with Gasteiger partial charge >= 0.3 is 0 Å². The number of likely N-dealkylation sites (N-methyl/N-ethyl adjacent to an activating group) is 2. The van der Waals surface area contributed by atoms with Crippen molar-refractivity contribution in [2.45, 2.75) is 19.0 Å². The molecule has 0 aliphatic carbocycles. The topological polar surface area (TPSA) is 61.2 Å². The molecule has 1 aromatic heterocycles. The van der Waals surface area contributed by atoms with E-state index in [9.17, 15) is 0 Å². The van der Waals surface area contributed by atoms with E-state index in [2.05, 4.69) is 33.9 Å². The molecule has 1 aromatic rings. The number of rotatable bonds is 2. The van der Waals surface area contributed by atoms with E-state index in [1.54, 1.807) is 0 Å². The molecule has 0 aromatic carbocycles. The van der Waals surface area contributed by atoms with Crippen molar-refractivity contribution in [3.8, 4) is 0 Å². The van der Waals surface area contributed by atoms with Crippen molar-refractivity contribution in [1.29, 1.82) is 0 Å². The number of aromatic nitrogens is 2. The molecule has 0 amide bonds. The quantitative estimate of drug-likeness (QED) is 0.750. The summed E-state index contributed by atoms with van der Waals surface area (Å²) in [6.07, 6.45) is 3.06. The molecule has 5 heteroatoms. The number of nitrogens with one attached hydrogen (secondary N) is 1. The summed E-state index contributed by atoms with van der Waals surface area (Å²) in [5, 5.41) is 0. The van der Waals surface area contributed by atoms with Crippen LogP contribution in [0.2, 0.25) is 0 Å². The highest BCUT2D eigenvalue weighted by Crippen LogP contribution is 2.20.